The number of halogens is 2. The van der Waals surface area contributed by atoms with Crippen LogP contribution in [0.2, 0.25) is 0 Å². The molecule has 1 aliphatic carbocycles. The van der Waals surface area contributed by atoms with Gasteiger partial charge in [0.25, 0.3) is 5.69 Å². The molecule has 0 bridgehead atoms. The fourth-order valence-corrected chi connectivity index (χ4v) is 3.43. The number of rotatable bonds is 3. The van der Waals surface area contributed by atoms with Gasteiger partial charge in [-0.15, -0.1) is 0 Å². The van der Waals surface area contributed by atoms with Crippen molar-refractivity contribution in [2.75, 3.05) is 5.32 Å². The highest BCUT2D eigenvalue weighted by atomic mass is 79.9. The Morgan fingerprint density at radius 3 is 2.45 bits per heavy atom. The Balaban J connectivity index is 2.24. The van der Waals surface area contributed by atoms with Crippen molar-refractivity contribution in [2.24, 2.45) is 11.8 Å². The summed E-state index contributed by atoms with van der Waals surface area (Å²) >= 11 is 3.08. The van der Waals surface area contributed by atoms with Crippen LogP contribution in [0.15, 0.2) is 16.6 Å². The lowest BCUT2D eigenvalue weighted by Gasteiger charge is -2.32. The molecular formula is C14H18BrFN2O2. The molecule has 1 aliphatic rings. The molecule has 0 amide bonds. The molecule has 110 valence electrons. The monoisotopic (exact) mass is 344 g/mol. The van der Waals surface area contributed by atoms with Gasteiger partial charge in [-0.25, -0.2) is 4.39 Å². The van der Waals surface area contributed by atoms with Crippen LogP contribution in [0.1, 0.15) is 33.1 Å². The lowest BCUT2D eigenvalue weighted by atomic mass is 9.80. The molecule has 0 aromatic heterocycles. The first-order valence-corrected chi connectivity index (χ1v) is 7.56. The fraction of sp³-hybridized carbons (Fsp3) is 0.571. The Morgan fingerprint density at radius 2 is 1.90 bits per heavy atom. The average Bonchev–Trinajstić information content (AvgIpc) is 2.31. The van der Waals surface area contributed by atoms with E-state index in [1.165, 1.54) is 12.5 Å². The lowest BCUT2D eigenvalue weighted by molar-refractivity contribution is -0.384. The third-order valence-electron chi connectivity index (χ3n) is 3.77. The lowest BCUT2D eigenvalue weighted by Crippen LogP contribution is -2.30. The molecule has 6 heteroatoms. The van der Waals surface area contributed by atoms with Crippen molar-refractivity contribution in [1.82, 2.24) is 0 Å². The van der Waals surface area contributed by atoms with Crippen molar-refractivity contribution in [3.8, 4) is 0 Å². The van der Waals surface area contributed by atoms with Gasteiger partial charge in [0, 0.05) is 6.04 Å². The van der Waals surface area contributed by atoms with E-state index in [0.717, 1.165) is 18.9 Å². The minimum absolute atomic E-state index is 0.199. The van der Waals surface area contributed by atoms with Crippen LogP contribution in [-0.2, 0) is 0 Å². The Morgan fingerprint density at radius 1 is 1.30 bits per heavy atom. The third-order valence-corrected chi connectivity index (χ3v) is 4.38. The zero-order valence-electron chi connectivity index (χ0n) is 11.5. The molecule has 0 spiro atoms. The first kappa shape index (κ1) is 15.2. The Hall–Kier alpha value is -1.17. The van der Waals surface area contributed by atoms with Gasteiger partial charge in [0.2, 0.25) is 0 Å². The second-order valence-corrected chi connectivity index (χ2v) is 6.65. The number of hydrogen-bond donors (Lipinski definition) is 1. The van der Waals surface area contributed by atoms with Gasteiger partial charge in [0.1, 0.15) is 11.5 Å². The van der Waals surface area contributed by atoms with Gasteiger partial charge in [-0.05, 0) is 53.1 Å². The first-order valence-electron chi connectivity index (χ1n) is 6.76. The van der Waals surface area contributed by atoms with Crippen molar-refractivity contribution in [1.29, 1.82) is 0 Å². The van der Waals surface area contributed by atoms with Crippen molar-refractivity contribution in [3.05, 3.63) is 32.5 Å². The van der Waals surface area contributed by atoms with Crippen LogP contribution < -0.4 is 5.32 Å². The van der Waals surface area contributed by atoms with E-state index in [-0.39, 0.29) is 16.2 Å². The quantitative estimate of drug-likeness (QED) is 0.636. The number of nitro benzene ring substituents is 1. The largest absolute Gasteiger partial charge is 0.377 e. The molecule has 2 rings (SSSR count). The highest BCUT2D eigenvalue weighted by Crippen LogP contribution is 2.35. The zero-order valence-corrected chi connectivity index (χ0v) is 13.1. The number of nitro groups is 1. The highest BCUT2D eigenvalue weighted by molar-refractivity contribution is 9.10. The number of nitrogens with zero attached hydrogens (tertiary/aromatic N) is 1. The molecule has 0 radical (unpaired) electrons. The predicted octanol–water partition coefficient (Wildman–Crippen LogP) is 4.73. The van der Waals surface area contributed by atoms with Crippen molar-refractivity contribution < 1.29 is 9.31 Å². The summed E-state index contributed by atoms with van der Waals surface area (Å²) in [5.74, 6) is 0.575. The van der Waals surface area contributed by atoms with E-state index in [4.69, 9.17) is 0 Å². The van der Waals surface area contributed by atoms with Crippen LogP contribution in [0.4, 0.5) is 15.8 Å². The third kappa shape index (κ3) is 3.48. The standard InChI is InChI=1S/C14H18BrFN2O2/c1-8-3-9(2)5-10(4-8)17-13-6-11(15)12(16)7-14(13)18(19)20/h6-10,17H,3-5H2,1-2H3. The van der Waals surface area contributed by atoms with Gasteiger partial charge < -0.3 is 5.32 Å². The van der Waals surface area contributed by atoms with Gasteiger partial charge in [0.15, 0.2) is 0 Å². The fourth-order valence-electron chi connectivity index (χ4n) is 3.09. The molecule has 1 N–H and O–H groups in total. The van der Waals surface area contributed by atoms with Gasteiger partial charge in [-0.1, -0.05) is 13.8 Å². The molecule has 1 fully saturated rings. The van der Waals surface area contributed by atoms with Crippen LogP contribution >= 0.6 is 15.9 Å². The van der Waals surface area contributed by atoms with Crippen LogP contribution in [-0.4, -0.2) is 11.0 Å². The maximum absolute atomic E-state index is 13.4. The van der Waals surface area contributed by atoms with E-state index >= 15 is 0 Å². The molecule has 4 nitrogen and oxygen atoms in total. The van der Waals surface area contributed by atoms with E-state index in [9.17, 15) is 14.5 Å². The molecule has 1 aromatic rings. The zero-order chi connectivity index (χ0) is 14.9. The van der Waals surface area contributed by atoms with E-state index in [2.05, 4.69) is 35.1 Å². The Labute approximate surface area is 126 Å². The second kappa shape index (κ2) is 6.08. The summed E-state index contributed by atoms with van der Waals surface area (Å²) < 4.78 is 13.7. The molecule has 0 aliphatic heterocycles. The summed E-state index contributed by atoms with van der Waals surface area (Å²) in [5.41, 5.74) is 0.172. The maximum atomic E-state index is 13.4. The number of hydrogen-bond acceptors (Lipinski definition) is 3. The summed E-state index contributed by atoms with van der Waals surface area (Å²) in [7, 11) is 0. The van der Waals surface area contributed by atoms with E-state index < -0.39 is 10.7 Å². The SMILES string of the molecule is CC1CC(C)CC(Nc2cc(Br)c(F)cc2[N+](=O)[O-])C1. The normalized spacial score (nSPS) is 26.3. The Bertz CT molecular complexity index is 514. The van der Waals surface area contributed by atoms with Gasteiger partial charge >= 0.3 is 0 Å². The predicted molar refractivity (Wildman–Crippen MR) is 80.3 cm³/mol. The summed E-state index contributed by atoms with van der Waals surface area (Å²) in [6, 6.07) is 2.62. The first-order chi connectivity index (χ1) is 9.36. The molecule has 0 heterocycles. The number of anilines is 1. The van der Waals surface area contributed by atoms with Crippen LogP contribution in [0.25, 0.3) is 0 Å². The summed E-state index contributed by atoms with van der Waals surface area (Å²) in [5, 5.41) is 14.3. The Kier molecular flexibility index (Phi) is 4.62. The van der Waals surface area contributed by atoms with Crippen molar-refractivity contribution in [3.63, 3.8) is 0 Å². The smallest absolute Gasteiger partial charge is 0.295 e. The molecule has 2 atom stereocenters. The topological polar surface area (TPSA) is 55.2 Å². The molecule has 2 unspecified atom stereocenters. The van der Waals surface area contributed by atoms with Gasteiger partial charge in [-0.3, -0.25) is 10.1 Å². The molecular weight excluding hydrogens is 327 g/mol. The van der Waals surface area contributed by atoms with E-state index in [0.29, 0.717) is 17.5 Å². The minimum atomic E-state index is -0.618. The van der Waals surface area contributed by atoms with Crippen LogP contribution in [0, 0.1) is 27.8 Å². The molecule has 1 aromatic carbocycles. The average molecular weight is 345 g/mol. The van der Waals surface area contributed by atoms with Crippen LogP contribution in [0.5, 0.6) is 0 Å². The van der Waals surface area contributed by atoms with Gasteiger partial charge in [-0.2, -0.15) is 0 Å². The van der Waals surface area contributed by atoms with E-state index in [1.54, 1.807) is 0 Å². The number of benzene rings is 1. The van der Waals surface area contributed by atoms with E-state index in [1.807, 2.05) is 0 Å². The molecule has 20 heavy (non-hydrogen) atoms. The van der Waals surface area contributed by atoms with Crippen molar-refractivity contribution in [2.45, 2.75) is 39.2 Å². The van der Waals surface area contributed by atoms with Gasteiger partial charge in [0.05, 0.1) is 15.5 Å². The molecule has 1 saturated carbocycles. The number of nitrogens with one attached hydrogen (secondary N) is 1. The minimum Gasteiger partial charge on any atom is -0.377 e. The highest BCUT2D eigenvalue weighted by Gasteiger charge is 2.26. The summed E-state index contributed by atoms with van der Waals surface area (Å²) in [6.45, 7) is 4.39. The van der Waals surface area contributed by atoms with Crippen LogP contribution in [0.3, 0.4) is 0 Å². The maximum Gasteiger partial charge on any atom is 0.295 e. The molecule has 0 saturated heterocycles. The second-order valence-electron chi connectivity index (χ2n) is 5.80. The summed E-state index contributed by atoms with van der Waals surface area (Å²) in [6.07, 6.45) is 3.15. The summed E-state index contributed by atoms with van der Waals surface area (Å²) in [4.78, 5) is 10.5. The van der Waals surface area contributed by atoms with Crippen molar-refractivity contribution >= 4 is 27.3 Å².